The first-order valence-electron chi connectivity index (χ1n) is 15.4. The van der Waals surface area contributed by atoms with Crippen LogP contribution in [0.3, 0.4) is 0 Å². The number of carbonyl (C=O) groups is 5. The summed E-state index contributed by atoms with van der Waals surface area (Å²) in [5.41, 5.74) is 6.42. The van der Waals surface area contributed by atoms with Gasteiger partial charge in [0.2, 0.25) is 23.6 Å². The summed E-state index contributed by atoms with van der Waals surface area (Å²) in [7, 11) is 0. The minimum atomic E-state index is -1.47. The topological polar surface area (TPSA) is 138 Å². The standard InChI is InChI=1S/C37H28ClN3O6/c38-20-9-6-10-21(17-20)40-33(44)28-18-27-25(13-14-26-30(27)34(45)41(32(26)43)36(39)47)31(37(28,35(40)46)19-7-2-1-3-8-19)24-15-16-29(42)23-12-5-4-11-22(23)24/h1-13,15-17,26-28,30-31,42H,14,18H2,(H2,39,47). The van der Waals surface area contributed by atoms with Gasteiger partial charge in [0.25, 0.3) is 0 Å². The molecule has 2 aliphatic carbocycles. The molecule has 6 unspecified atom stereocenters. The van der Waals surface area contributed by atoms with Gasteiger partial charge >= 0.3 is 6.03 Å². The van der Waals surface area contributed by atoms with Crippen LogP contribution in [0.15, 0.2) is 103 Å². The normalized spacial score (nSPS) is 28.3. The third-order valence-corrected chi connectivity index (χ3v) is 10.9. The lowest BCUT2D eigenvalue weighted by Gasteiger charge is -2.51. The number of aromatic hydroxyl groups is 1. The number of rotatable bonds is 3. The Hall–Kier alpha value is -5.28. The van der Waals surface area contributed by atoms with E-state index in [2.05, 4.69) is 0 Å². The Morgan fingerprint density at radius 1 is 0.830 bits per heavy atom. The Bertz CT molecular complexity index is 2100. The van der Waals surface area contributed by atoms with Crippen LogP contribution >= 0.6 is 11.6 Å². The number of fused-ring (bicyclic) bond motifs is 5. The van der Waals surface area contributed by atoms with E-state index in [0.717, 1.165) is 5.57 Å². The number of halogens is 1. The molecule has 0 bridgehead atoms. The molecule has 1 saturated carbocycles. The van der Waals surface area contributed by atoms with Crippen molar-refractivity contribution in [3.8, 4) is 5.75 Å². The number of urea groups is 1. The molecule has 9 nitrogen and oxygen atoms in total. The van der Waals surface area contributed by atoms with Crippen LogP contribution in [0.25, 0.3) is 10.8 Å². The average Bonchev–Trinajstić information content (AvgIpc) is 3.46. The highest BCUT2D eigenvalue weighted by molar-refractivity contribution is 6.32. The second-order valence-corrected chi connectivity index (χ2v) is 13.1. The first-order valence-corrected chi connectivity index (χ1v) is 15.8. The van der Waals surface area contributed by atoms with Gasteiger partial charge in [-0.25, -0.2) is 9.69 Å². The summed E-state index contributed by atoms with van der Waals surface area (Å²) in [5.74, 6) is -6.30. The molecule has 0 radical (unpaired) electrons. The van der Waals surface area contributed by atoms with Crippen molar-refractivity contribution >= 4 is 57.7 Å². The minimum absolute atomic E-state index is 0.0581. The van der Waals surface area contributed by atoms with E-state index in [-0.39, 0.29) is 18.6 Å². The number of imide groups is 4. The zero-order valence-electron chi connectivity index (χ0n) is 24.9. The van der Waals surface area contributed by atoms with Gasteiger partial charge in [-0.05, 0) is 59.5 Å². The predicted octanol–water partition coefficient (Wildman–Crippen LogP) is 5.44. The summed E-state index contributed by atoms with van der Waals surface area (Å²) >= 11 is 6.36. The Labute approximate surface area is 274 Å². The Kier molecular flexibility index (Phi) is 6.43. The van der Waals surface area contributed by atoms with Crippen LogP contribution in [0.1, 0.15) is 29.9 Å². The molecule has 234 valence electrons. The highest BCUT2D eigenvalue weighted by Crippen LogP contribution is 2.65. The maximum absolute atomic E-state index is 15.3. The molecule has 0 spiro atoms. The smallest absolute Gasteiger partial charge is 0.328 e. The Morgan fingerprint density at radius 2 is 1.55 bits per heavy atom. The molecule has 6 atom stereocenters. The molecule has 2 saturated heterocycles. The number of nitrogens with zero attached hydrogens (tertiary/aromatic N) is 2. The van der Waals surface area contributed by atoms with E-state index in [1.165, 1.54) is 4.90 Å². The summed E-state index contributed by atoms with van der Waals surface area (Å²) < 4.78 is 0. The second-order valence-electron chi connectivity index (χ2n) is 12.7. The molecule has 2 heterocycles. The number of anilines is 1. The molecule has 8 rings (SSSR count). The summed E-state index contributed by atoms with van der Waals surface area (Å²) in [6, 6.07) is 25.3. The molecule has 0 aromatic heterocycles. The number of hydrogen-bond donors (Lipinski definition) is 2. The first-order chi connectivity index (χ1) is 22.7. The van der Waals surface area contributed by atoms with Crippen LogP contribution in [0.5, 0.6) is 5.75 Å². The number of phenols is 1. The lowest BCUT2D eigenvalue weighted by Crippen LogP contribution is -2.53. The second kappa shape index (κ2) is 10.4. The van der Waals surface area contributed by atoms with Gasteiger partial charge in [-0.15, -0.1) is 0 Å². The van der Waals surface area contributed by atoms with Gasteiger partial charge < -0.3 is 10.8 Å². The fourth-order valence-electron chi connectivity index (χ4n) is 8.86. The van der Waals surface area contributed by atoms with Gasteiger partial charge in [-0.1, -0.05) is 90.0 Å². The number of allylic oxidation sites excluding steroid dienone is 2. The van der Waals surface area contributed by atoms with Crippen LogP contribution in [-0.4, -0.2) is 39.7 Å². The van der Waals surface area contributed by atoms with Crippen molar-refractivity contribution in [3.63, 3.8) is 0 Å². The fourth-order valence-corrected chi connectivity index (χ4v) is 9.05. The van der Waals surface area contributed by atoms with Crippen molar-refractivity contribution in [1.29, 1.82) is 0 Å². The average molecular weight is 646 g/mol. The molecular formula is C37H28ClN3O6. The van der Waals surface area contributed by atoms with Crippen molar-refractivity contribution in [2.24, 2.45) is 29.4 Å². The third-order valence-electron chi connectivity index (χ3n) is 10.6. The fraction of sp³-hybridized carbons (Fsp3) is 0.216. The quantitative estimate of drug-likeness (QED) is 0.225. The molecule has 4 aromatic rings. The molecule has 4 aliphatic rings. The van der Waals surface area contributed by atoms with Gasteiger partial charge in [-0.3, -0.25) is 19.2 Å². The molecular weight excluding hydrogens is 618 g/mol. The highest BCUT2D eigenvalue weighted by atomic mass is 35.5. The number of carbonyl (C=O) groups excluding carboxylic acids is 5. The van der Waals surface area contributed by atoms with Crippen molar-refractivity contribution < 1.29 is 29.1 Å². The lowest BCUT2D eigenvalue weighted by atomic mass is 9.49. The molecule has 2 aliphatic heterocycles. The Morgan fingerprint density at radius 3 is 2.28 bits per heavy atom. The van der Waals surface area contributed by atoms with E-state index in [4.69, 9.17) is 17.3 Å². The number of primary amides is 1. The van der Waals surface area contributed by atoms with E-state index in [1.54, 1.807) is 42.5 Å². The summed E-state index contributed by atoms with van der Waals surface area (Å²) in [6.45, 7) is 0. The van der Waals surface area contributed by atoms with Crippen molar-refractivity contribution in [2.75, 3.05) is 4.90 Å². The number of nitrogens with two attached hydrogens (primary N) is 1. The van der Waals surface area contributed by atoms with Gasteiger partial charge in [0, 0.05) is 16.3 Å². The predicted molar refractivity (Wildman–Crippen MR) is 173 cm³/mol. The highest BCUT2D eigenvalue weighted by Gasteiger charge is 2.70. The number of phenolic OH excluding ortho intramolecular Hbond substituents is 1. The van der Waals surface area contributed by atoms with E-state index < -0.39 is 64.7 Å². The number of amides is 6. The van der Waals surface area contributed by atoms with Crippen molar-refractivity contribution in [1.82, 2.24) is 4.90 Å². The summed E-state index contributed by atoms with van der Waals surface area (Å²) in [5, 5.41) is 12.5. The number of likely N-dealkylation sites (tertiary alicyclic amines) is 1. The molecule has 10 heteroatoms. The minimum Gasteiger partial charge on any atom is -0.507 e. The van der Waals surface area contributed by atoms with Crippen LogP contribution in [0.4, 0.5) is 10.5 Å². The summed E-state index contributed by atoms with van der Waals surface area (Å²) in [6.07, 6.45) is 2.16. The van der Waals surface area contributed by atoms with Crippen molar-refractivity contribution in [2.45, 2.75) is 24.2 Å². The van der Waals surface area contributed by atoms with E-state index in [1.807, 2.05) is 54.6 Å². The SMILES string of the molecule is NC(=O)N1C(=O)C2CC=C3C(CC4C(=O)N(c5cccc(Cl)c5)C(=O)C4(c4ccccc4)C3c3ccc(O)c4ccccc34)C2C1=O. The van der Waals surface area contributed by atoms with E-state index in [9.17, 15) is 24.3 Å². The summed E-state index contributed by atoms with van der Waals surface area (Å²) in [4.78, 5) is 71.3. The van der Waals surface area contributed by atoms with E-state index >= 15 is 4.79 Å². The molecule has 6 amide bonds. The van der Waals surface area contributed by atoms with Gasteiger partial charge in [-0.2, -0.15) is 4.90 Å². The van der Waals surface area contributed by atoms with E-state index in [0.29, 0.717) is 37.5 Å². The van der Waals surface area contributed by atoms with Crippen LogP contribution in [-0.2, 0) is 24.6 Å². The van der Waals surface area contributed by atoms with Crippen LogP contribution in [0.2, 0.25) is 5.02 Å². The molecule has 3 N–H and O–H groups in total. The van der Waals surface area contributed by atoms with Gasteiger partial charge in [0.15, 0.2) is 0 Å². The third kappa shape index (κ3) is 3.86. The largest absolute Gasteiger partial charge is 0.507 e. The van der Waals surface area contributed by atoms with Crippen LogP contribution < -0.4 is 10.6 Å². The van der Waals surface area contributed by atoms with Crippen molar-refractivity contribution in [3.05, 3.63) is 119 Å². The maximum Gasteiger partial charge on any atom is 0.328 e. The Balaban J connectivity index is 1.44. The van der Waals surface area contributed by atoms with Gasteiger partial charge in [0.05, 0.1) is 28.9 Å². The van der Waals surface area contributed by atoms with Gasteiger partial charge in [0.1, 0.15) is 5.75 Å². The lowest BCUT2D eigenvalue weighted by molar-refractivity contribution is -0.136. The maximum atomic E-state index is 15.3. The molecule has 47 heavy (non-hydrogen) atoms. The zero-order valence-corrected chi connectivity index (χ0v) is 25.6. The first kappa shape index (κ1) is 29.1. The van der Waals surface area contributed by atoms with Crippen LogP contribution in [0, 0.1) is 23.7 Å². The number of benzene rings is 4. The number of hydrogen-bond acceptors (Lipinski definition) is 6. The monoisotopic (exact) mass is 645 g/mol. The molecule has 3 fully saturated rings. The molecule has 4 aromatic carbocycles. The zero-order chi connectivity index (χ0) is 32.8.